The lowest BCUT2D eigenvalue weighted by atomic mass is 9.63. The summed E-state index contributed by atoms with van der Waals surface area (Å²) in [6.45, 7) is 0. The fraction of sp³-hybridized carbons (Fsp3) is 0.357. The molecule has 0 spiro atoms. The normalized spacial score (nSPS) is 29.2. The van der Waals surface area contributed by atoms with E-state index in [4.69, 9.17) is 46.4 Å². The maximum absolute atomic E-state index is 14.1. The van der Waals surface area contributed by atoms with Crippen LogP contribution in [0.3, 0.4) is 0 Å². The van der Waals surface area contributed by atoms with Crippen LogP contribution in [-0.2, 0) is 9.59 Å². The third-order valence-electron chi connectivity index (χ3n) is 8.33. The van der Waals surface area contributed by atoms with Gasteiger partial charge in [-0.25, -0.2) is 5.01 Å². The minimum absolute atomic E-state index is 0.00214. The summed E-state index contributed by atoms with van der Waals surface area (Å²) in [5.41, 5.74) is 0.281. The molecule has 4 aliphatic carbocycles. The minimum Gasteiger partial charge on any atom is -0.292 e. The molecular formula is C28H22Cl4N2O4. The van der Waals surface area contributed by atoms with Crippen LogP contribution in [0.15, 0.2) is 54.6 Å². The molecule has 1 aliphatic heterocycles. The third kappa shape index (κ3) is 4.00. The van der Waals surface area contributed by atoms with Crippen molar-refractivity contribution in [3.05, 3.63) is 80.8 Å². The Morgan fingerprint density at radius 2 is 1.47 bits per heavy atom. The number of alkyl halides is 1. The number of carbonyl (C=O) groups is 4. The Bertz CT molecular complexity index is 1360. The van der Waals surface area contributed by atoms with Gasteiger partial charge in [0, 0.05) is 21.5 Å². The summed E-state index contributed by atoms with van der Waals surface area (Å²) in [5.74, 6) is -2.61. The largest absolute Gasteiger partial charge is 0.292 e. The molecule has 2 aromatic rings. The summed E-state index contributed by atoms with van der Waals surface area (Å²) in [7, 11) is 0. The molecule has 2 aromatic carbocycles. The molecular weight excluding hydrogens is 570 g/mol. The van der Waals surface area contributed by atoms with Crippen LogP contribution >= 0.6 is 46.4 Å². The average molecular weight is 592 g/mol. The lowest BCUT2D eigenvalue weighted by Gasteiger charge is -2.37. The fourth-order valence-corrected chi connectivity index (χ4v) is 7.41. The van der Waals surface area contributed by atoms with Crippen LogP contribution in [0.5, 0.6) is 0 Å². The Morgan fingerprint density at radius 3 is 2.03 bits per heavy atom. The summed E-state index contributed by atoms with van der Waals surface area (Å²) in [6, 6.07) is 9.27. The van der Waals surface area contributed by atoms with E-state index < -0.39 is 41.4 Å². The Hall–Kier alpha value is -2.38. The van der Waals surface area contributed by atoms with Gasteiger partial charge in [-0.05, 0) is 79.0 Å². The van der Waals surface area contributed by atoms with Crippen molar-refractivity contribution in [2.75, 3.05) is 5.88 Å². The maximum atomic E-state index is 14.1. The number of allylic oxidation sites excluding steroid dienone is 2. The highest BCUT2D eigenvalue weighted by molar-refractivity contribution is 6.37. The van der Waals surface area contributed by atoms with Crippen molar-refractivity contribution in [3.63, 3.8) is 0 Å². The van der Waals surface area contributed by atoms with E-state index in [1.807, 2.05) is 12.2 Å². The molecule has 38 heavy (non-hydrogen) atoms. The van der Waals surface area contributed by atoms with Gasteiger partial charge in [0.1, 0.15) is 6.04 Å². The molecule has 0 aromatic heterocycles. The van der Waals surface area contributed by atoms with Gasteiger partial charge in [-0.15, -0.1) is 11.6 Å². The first-order chi connectivity index (χ1) is 18.2. The zero-order valence-electron chi connectivity index (χ0n) is 19.9. The molecule has 0 N–H and O–H groups in total. The molecule has 3 amide bonds. The molecule has 2 bridgehead atoms. The number of nitrogens with zero attached hydrogens (tertiary/aromatic N) is 2. The zero-order valence-corrected chi connectivity index (χ0v) is 22.9. The molecule has 3 fully saturated rings. The van der Waals surface area contributed by atoms with Gasteiger partial charge in [0.05, 0.1) is 22.4 Å². The van der Waals surface area contributed by atoms with Crippen LogP contribution in [0.4, 0.5) is 0 Å². The first kappa shape index (κ1) is 25.9. The Morgan fingerprint density at radius 1 is 0.895 bits per heavy atom. The number of hydrogen-bond donors (Lipinski definition) is 0. The summed E-state index contributed by atoms with van der Waals surface area (Å²) in [5, 5.41) is 2.68. The topological polar surface area (TPSA) is 74.8 Å². The van der Waals surface area contributed by atoms with Crippen molar-refractivity contribution in [2.24, 2.45) is 35.5 Å². The second kappa shape index (κ2) is 9.67. The van der Waals surface area contributed by atoms with Gasteiger partial charge in [0.15, 0.2) is 5.78 Å². The predicted molar refractivity (Wildman–Crippen MR) is 144 cm³/mol. The number of hydrazine groups is 1. The van der Waals surface area contributed by atoms with Gasteiger partial charge >= 0.3 is 0 Å². The monoisotopic (exact) mass is 590 g/mol. The highest BCUT2D eigenvalue weighted by Crippen LogP contribution is 2.65. The van der Waals surface area contributed by atoms with E-state index in [-0.39, 0.29) is 40.3 Å². The number of carbonyl (C=O) groups excluding carboxylic acids is 4. The van der Waals surface area contributed by atoms with Crippen LogP contribution in [0.25, 0.3) is 0 Å². The Kier molecular flexibility index (Phi) is 6.58. The Labute approximate surface area is 239 Å². The third-order valence-corrected chi connectivity index (χ3v) is 9.35. The van der Waals surface area contributed by atoms with E-state index in [1.165, 1.54) is 30.3 Å². The molecule has 2 saturated carbocycles. The van der Waals surface area contributed by atoms with Crippen molar-refractivity contribution in [3.8, 4) is 0 Å². The standard InChI is InChI=1S/C28H22Cl4N2O4/c29-10-9-22(25(35)13-1-3-14(30)4-2-13)33(26(36)18-6-5-15(31)11-21(18)32)34-27(37)23-16-7-8-17(20-12-19(16)20)24(23)28(34)38/h1-8,11,16-17,19-20,22-24H,9-10,12H2/t16-,17-,19-,20+,22-,23-,24+/m0/s1. The van der Waals surface area contributed by atoms with Gasteiger partial charge in [-0.1, -0.05) is 47.0 Å². The lowest BCUT2D eigenvalue weighted by Crippen LogP contribution is -2.57. The summed E-state index contributed by atoms with van der Waals surface area (Å²) >= 11 is 24.6. The van der Waals surface area contributed by atoms with Gasteiger partial charge < -0.3 is 0 Å². The van der Waals surface area contributed by atoms with Gasteiger partial charge in [-0.2, -0.15) is 5.01 Å². The van der Waals surface area contributed by atoms with Crippen LogP contribution in [-0.4, -0.2) is 45.4 Å². The van der Waals surface area contributed by atoms with E-state index in [2.05, 4.69) is 0 Å². The summed E-state index contributed by atoms with van der Waals surface area (Å²) < 4.78 is 0. The van der Waals surface area contributed by atoms with E-state index in [1.54, 1.807) is 12.1 Å². The average Bonchev–Trinajstić information content (AvgIpc) is 3.68. The first-order valence-corrected chi connectivity index (χ1v) is 14.1. The highest BCUT2D eigenvalue weighted by Gasteiger charge is 2.68. The second-order valence-corrected chi connectivity index (χ2v) is 11.9. The van der Waals surface area contributed by atoms with Crippen molar-refractivity contribution in [1.29, 1.82) is 0 Å². The number of Topliss-reactive ketones (excluding diaryl/α,β-unsaturated/α-hetero) is 1. The number of amides is 3. The number of hydrogen-bond acceptors (Lipinski definition) is 4. The van der Waals surface area contributed by atoms with E-state index in [0.717, 1.165) is 16.4 Å². The van der Waals surface area contributed by atoms with E-state index in [9.17, 15) is 19.2 Å². The molecule has 10 heteroatoms. The number of halogens is 4. The molecule has 1 heterocycles. The molecule has 5 aliphatic rings. The lowest BCUT2D eigenvalue weighted by molar-refractivity contribution is -0.157. The number of imide groups is 1. The van der Waals surface area contributed by atoms with Crippen molar-refractivity contribution >= 4 is 69.9 Å². The van der Waals surface area contributed by atoms with Gasteiger partial charge in [-0.3, -0.25) is 19.2 Å². The van der Waals surface area contributed by atoms with Crippen LogP contribution in [0, 0.1) is 35.5 Å². The predicted octanol–water partition coefficient (Wildman–Crippen LogP) is 5.94. The highest BCUT2D eigenvalue weighted by atomic mass is 35.5. The number of rotatable bonds is 7. The molecule has 6 nitrogen and oxygen atoms in total. The molecule has 7 rings (SSSR count). The maximum Gasteiger partial charge on any atom is 0.275 e. The van der Waals surface area contributed by atoms with Gasteiger partial charge in [0.25, 0.3) is 17.7 Å². The number of benzene rings is 2. The number of ketones is 1. The van der Waals surface area contributed by atoms with Crippen molar-refractivity contribution in [1.82, 2.24) is 10.0 Å². The van der Waals surface area contributed by atoms with Gasteiger partial charge in [0.2, 0.25) is 0 Å². The first-order valence-electron chi connectivity index (χ1n) is 12.4. The summed E-state index contributed by atoms with van der Waals surface area (Å²) in [4.78, 5) is 56.0. The SMILES string of the molecule is O=C(c1ccc(Cl)cc1)[C@H](CCCl)N(C(=O)c1ccc(Cl)cc1Cl)N1C(=O)[C@@H]2[C@H]3C=C[C@@H]([C@@H]4C[C@H]34)[C@@H]2C1=O. The van der Waals surface area contributed by atoms with E-state index >= 15 is 0 Å². The fourth-order valence-electron chi connectivity index (χ4n) is 6.59. The molecule has 0 unspecified atom stereocenters. The molecule has 7 atom stereocenters. The van der Waals surface area contributed by atoms with Crippen LogP contribution in [0.1, 0.15) is 33.6 Å². The molecule has 0 radical (unpaired) electrons. The van der Waals surface area contributed by atoms with Crippen molar-refractivity contribution in [2.45, 2.75) is 18.9 Å². The summed E-state index contributed by atoms with van der Waals surface area (Å²) in [6.07, 6.45) is 5.10. The quantitative estimate of drug-likeness (QED) is 0.173. The zero-order chi connectivity index (χ0) is 26.9. The second-order valence-electron chi connectivity index (χ2n) is 10.3. The Balaban J connectivity index is 1.45. The smallest absolute Gasteiger partial charge is 0.275 e. The molecule has 196 valence electrons. The van der Waals surface area contributed by atoms with E-state index in [0.29, 0.717) is 21.9 Å². The molecule has 1 saturated heterocycles. The van der Waals surface area contributed by atoms with Crippen LogP contribution in [0.2, 0.25) is 15.1 Å². The van der Waals surface area contributed by atoms with Crippen molar-refractivity contribution < 1.29 is 19.2 Å². The van der Waals surface area contributed by atoms with Crippen LogP contribution < -0.4 is 0 Å². The minimum atomic E-state index is -1.24.